The van der Waals surface area contributed by atoms with Crippen LogP contribution in [0.2, 0.25) is 5.15 Å². The molecule has 1 N–H and O–H groups in total. The third-order valence-electron chi connectivity index (χ3n) is 2.50. The molecular weight excluding hydrogens is 266 g/mol. The third-order valence-corrected chi connectivity index (χ3v) is 2.68. The number of aromatic nitrogens is 2. The van der Waals surface area contributed by atoms with E-state index in [1.165, 1.54) is 12.4 Å². The van der Waals surface area contributed by atoms with Gasteiger partial charge in [-0.1, -0.05) is 29.8 Å². The Balaban J connectivity index is 1.87. The highest BCUT2D eigenvalue weighted by molar-refractivity contribution is 6.29. The Morgan fingerprint density at radius 2 is 2.11 bits per heavy atom. The topological polar surface area (TPSA) is 68.0 Å². The van der Waals surface area contributed by atoms with Crippen molar-refractivity contribution in [3.8, 4) is 0 Å². The summed E-state index contributed by atoms with van der Waals surface area (Å²) in [5.41, 5.74) is 0.657. The fourth-order valence-electron chi connectivity index (χ4n) is 1.67. The predicted molar refractivity (Wildman–Crippen MR) is 71.2 cm³/mol. The Labute approximate surface area is 113 Å². The minimum atomic E-state index is -0.396. The number of para-hydroxylation sites is 1. The Bertz CT molecular complexity index is 721. The molecule has 0 unspecified atom stereocenters. The number of carbonyl (C=O) groups is 1. The molecule has 6 heteroatoms. The summed E-state index contributed by atoms with van der Waals surface area (Å²) in [6.07, 6.45) is 2.80. The molecule has 19 heavy (non-hydrogen) atoms. The number of furan rings is 1. The maximum absolute atomic E-state index is 12.0. The van der Waals surface area contributed by atoms with E-state index >= 15 is 0 Å². The normalized spacial score (nSPS) is 10.6. The van der Waals surface area contributed by atoms with Crippen LogP contribution in [-0.2, 0) is 0 Å². The first-order valence-electron chi connectivity index (χ1n) is 5.50. The minimum absolute atomic E-state index is 0.211. The number of benzene rings is 1. The molecule has 0 saturated carbocycles. The van der Waals surface area contributed by atoms with E-state index in [1.54, 1.807) is 12.1 Å². The van der Waals surface area contributed by atoms with Gasteiger partial charge in [0.2, 0.25) is 0 Å². The van der Waals surface area contributed by atoms with E-state index in [9.17, 15) is 4.79 Å². The molecule has 5 nitrogen and oxygen atoms in total. The average Bonchev–Trinajstić information content (AvgIpc) is 2.82. The number of amides is 1. The molecular formula is C13H8ClN3O2. The summed E-state index contributed by atoms with van der Waals surface area (Å²) in [6, 6.07) is 9.06. The van der Waals surface area contributed by atoms with Crippen LogP contribution in [0.4, 0.5) is 5.82 Å². The van der Waals surface area contributed by atoms with Crippen LogP contribution in [0.3, 0.4) is 0 Å². The van der Waals surface area contributed by atoms with Crippen molar-refractivity contribution in [2.45, 2.75) is 0 Å². The van der Waals surface area contributed by atoms with E-state index < -0.39 is 5.91 Å². The number of nitrogens with one attached hydrogen (secondary N) is 1. The summed E-state index contributed by atoms with van der Waals surface area (Å²) >= 11 is 5.69. The summed E-state index contributed by atoms with van der Waals surface area (Å²) < 4.78 is 5.44. The number of carbonyl (C=O) groups excluding carboxylic acids is 1. The maximum atomic E-state index is 12.0. The van der Waals surface area contributed by atoms with Gasteiger partial charge >= 0.3 is 0 Å². The second-order valence-corrected chi connectivity index (χ2v) is 4.22. The second kappa shape index (κ2) is 4.70. The fraction of sp³-hybridized carbons (Fsp3) is 0. The summed E-state index contributed by atoms with van der Waals surface area (Å²) in [4.78, 5) is 19.7. The van der Waals surface area contributed by atoms with E-state index in [0.717, 1.165) is 5.39 Å². The lowest BCUT2D eigenvalue weighted by atomic mass is 10.2. The lowest BCUT2D eigenvalue weighted by molar-refractivity contribution is 0.0998. The molecule has 3 rings (SSSR count). The van der Waals surface area contributed by atoms with E-state index in [4.69, 9.17) is 16.0 Å². The van der Waals surface area contributed by atoms with Crippen LogP contribution in [0.5, 0.6) is 0 Å². The van der Waals surface area contributed by atoms with Gasteiger partial charge in [-0.25, -0.2) is 4.98 Å². The highest BCUT2D eigenvalue weighted by atomic mass is 35.5. The van der Waals surface area contributed by atoms with Crippen molar-refractivity contribution in [3.05, 3.63) is 53.6 Å². The molecule has 0 aliphatic heterocycles. The summed E-state index contributed by atoms with van der Waals surface area (Å²) in [5.74, 6) is 0.0914. The monoisotopic (exact) mass is 273 g/mol. The molecule has 0 atom stereocenters. The molecule has 2 heterocycles. The number of anilines is 1. The van der Waals surface area contributed by atoms with Crippen molar-refractivity contribution in [2.24, 2.45) is 0 Å². The van der Waals surface area contributed by atoms with E-state index in [0.29, 0.717) is 5.58 Å². The Morgan fingerprint density at radius 3 is 2.89 bits per heavy atom. The first-order chi connectivity index (χ1) is 9.22. The molecule has 2 aromatic heterocycles. The minimum Gasteiger partial charge on any atom is -0.451 e. The van der Waals surface area contributed by atoms with E-state index in [2.05, 4.69) is 15.3 Å². The molecule has 94 valence electrons. The Kier molecular flexibility index (Phi) is 2.89. The first kappa shape index (κ1) is 11.7. The summed E-state index contributed by atoms with van der Waals surface area (Å²) in [5, 5.41) is 3.65. The van der Waals surface area contributed by atoms with Gasteiger partial charge in [-0.2, -0.15) is 0 Å². The van der Waals surface area contributed by atoms with Gasteiger partial charge in [-0.15, -0.1) is 0 Å². The van der Waals surface area contributed by atoms with Crippen LogP contribution in [-0.4, -0.2) is 15.9 Å². The second-order valence-electron chi connectivity index (χ2n) is 3.83. The zero-order valence-electron chi connectivity index (χ0n) is 9.63. The lowest BCUT2D eigenvalue weighted by Crippen LogP contribution is -2.12. The number of hydrogen-bond acceptors (Lipinski definition) is 4. The number of rotatable bonds is 2. The van der Waals surface area contributed by atoms with Crippen molar-refractivity contribution in [1.29, 1.82) is 0 Å². The van der Waals surface area contributed by atoms with Gasteiger partial charge < -0.3 is 9.73 Å². The zero-order valence-corrected chi connectivity index (χ0v) is 10.4. The highest BCUT2D eigenvalue weighted by Gasteiger charge is 2.13. The number of nitrogens with zero attached hydrogens (tertiary/aromatic N) is 2. The smallest absolute Gasteiger partial charge is 0.292 e. The molecule has 0 aliphatic carbocycles. The number of hydrogen-bond donors (Lipinski definition) is 1. The third kappa shape index (κ3) is 2.41. The van der Waals surface area contributed by atoms with Gasteiger partial charge in [0.05, 0.1) is 12.4 Å². The van der Waals surface area contributed by atoms with Crippen LogP contribution < -0.4 is 5.32 Å². The molecule has 0 radical (unpaired) electrons. The number of halogens is 1. The Hall–Kier alpha value is -2.40. The van der Waals surface area contributed by atoms with Crippen LogP contribution in [0.15, 0.2) is 47.1 Å². The van der Waals surface area contributed by atoms with Crippen LogP contribution in [0.25, 0.3) is 11.0 Å². The SMILES string of the molecule is O=C(Nc1cncc(Cl)n1)c1cc2ccccc2o1. The van der Waals surface area contributed by atoms with Crippen molar-refractivity contribution in [2.75, 3.05) is 5.32 Å². The average molecular weight is 274 g/mol. The van der Waals surface area contributed by atoms with Gasteiger partial charge in [0.15, 0.2) is 11.6 Å². The molecule has 0 fully saturated rings. The van der Waals surface area contributed by atoms with Crippen molar-refractivity contribution < 1.29 is 9.21 Å². The quantitative estimate of drug-likeness (QED) is 0.779. The van der Waals surface area contributed by atoms with E-state index in [1.807, 2.05) is 18.2 Å². The van der Waals surface area contributed by atoms with Gasteiger partial charge in [0.25, 0.3) is 5.91 Å². The van der Waals surface area contributed by atoms with Crippen LogP contribution in [0.1, 0.15) is 10.6 Å². The largest absolute Gasteiger partial charge is 0.451 e. The van der Waals surface area contributed by atoms with Crippen LogP contribution in [0, 0.1) is 0 Å². The standard InChI is InChI=1S/C13H8ClN3O2/c14-11-6-15-7-12(16-11)17-13(18)10-5-8-3-1-2-4-9(8)19-10/h1-7H,(H,16,17,18). The van der Waals surface area contributed by atoms with Gasteiger partial charge in [0.1, 0.15) is 10.7 Å². The van der Waals surface area contributed by atoms with Crippen LogP contribution >= 0.6 is 11.6 Å². The highest BCUT2D eigenvalue weighted by Crippen LogP contribution is 2.19. The van der Waals surface area contributed by atoms with Crippen molar-refractivity contribution in [1.82, 2.24) is 9.97 Å². The van der Waals surface area contributed by atoms with Crippen molar-refractivity contribution >= 4 is 34.3 Å². The maximum Gasteiger partial charge on any atom is 0.292 e. The molecule has 1 amide bonds. The molecule has 0 saturated heterocycles. The molecule has 0 aliphatic rings. The van der Waals surface area contributed by atoms with Gasteiger partial charge in [-0.3, -0.25) is 9.78 Å². The number of fused-ring (bicyclic) bond motifs is 1. The molecule has 0 spiro atoms. The van der Waals surface area contributed by atoms with Gasteiger partial charge in [0, 0.05) is 5.39 Å². The molecule has 1 aromatic carbocycles. The van der Waals surface area contributed by atoms with E-state index in [-0.39, 0.29) is 16.7 Å². The molecule has 0 bridgehead atoms. The first-order valence-corrected chi connectivity index (χ1v) is 5.87. The Morgan fingerprint density at radius 1 is 1.26 bits per heavy atom. The molecule has 3 aromatic rings. The summed E-state index contributed by atoms with van der Waals surface area (Å²) in [7, 11) is 0. The van der Waals surface area contributed by atoms with Gasteiger partial charge in [-0.05, 0) is 12.1 Å². The fourth-order valence-corrected chi connectivity index (χ4v) is 1.82. The lowest BCUT2D eigenvalue weighted by Gasteiger charge is -2.00. The predicted octanol–water partition coefficient (Wildman–Crippen LogP) is 3.13. The zero-order chi connectivity index (χ0) is 13.2. The summed E-state index contributed by atoms with van der Waals surface area (Å²) in [6.45, 7) is 0. The van der Waals surface area contributed by atoms with Crippen molar-refractivity contribution in [3.63, 3.8) is 0 Å².